The molecule has 1 amide bonds. The largest absolute Gasteiger partial charge is 0.488 e. The summed E-state index contributed by atoms with van der Waals surface area (Å²) in [6, 6.07) is 7.18. The Morgan fingerprint density at radius 1 is 1.29 bits per heavy atom. The molecule has 6 heteroatoms. The highest BCUT2D eigenvalue weighted by molar-refractivity contribution is 5.95. The summed E-state index contributed by atoms with van der Waals surface area (Å²) in [6.07, 6.45) is 4.78. The molecule has 0 bridgehead atoms. The fourth-order valence-corrected chi connectivity index (χ4v) is 4.39. The van der Waals surface area contributed by atoms with Crippen molar-refractivity contribution in [2.45, 2.75) is 65.1 Å². The number of piperidine rings is 1. The SMILES string of the molecule is Cc1ccc2c(c1)-c1onc(C(=O)NCCCN3C(C)CCCC3C)c1CO2. The number of fused-ring (bicyclic) bond motifs is 3. The molecule has 1 saturated heterocycles. The summed E-state index contributed by atoms with van der Waals surface area (Å²) in [4.78, 5) is 15.2. The third-order valence-corrected chi connectivity index (χ3v) is 6.01. The van der Waals surface area contributed by atoms with Crippen LogP contribution in [-0.4, -0.2) is 41.1 Å². The zero-order valence-electron chi connectivity index (χ0n) is 17.0. The van der Waals surface area contributed by atoms with Gasteiger partial charge in [-0.3, -0.25) is 9.69 Å². The van der Waals surface area contributed by atoms with E-state index in [-0.39, 0.29) is 5.91 Å². The van der Waals surface area contributed by atoms with Crippen LogP contribution in [0.5, 0.6) is 5.75 Å². The summed E-state index contributed by atoms with van der Waals surface area (Å²) < 4.78 is 11.3. The molecule has 1 aromatic heterocycles. The molecule has 1 N–H and O–H groups in total. The Morgan fingerprint density at radius 3 is 2.86 bits per heavy atom. The van der Waals surface area contributed by atoms with Crippen LogP contribution in [0.2, 0.25) is 0 Å². The van der Waals surface area contributed by atoms with Crippen molar-refractivity contribution in [3.63, 3.8) is 0 Å². The minimum absolute atomic E-state index is 0.190. The topological polar surface area (TPSA) is 67.6 Å². The molecule has 28 heavy (non-hydrogen) atoms. The van der Waals surface area contributed by atoms with Crippen molar-refractivity contribution in [3.05, 3.63) is 35.0 Å². The van der Waals surface area contributed by atoms with E-state index in [1.807, 2.05) is 25.1 Å². The molecule has 1 aromatic carbocycles. The molecular formula is C22H29N3O3. The van der Waals surface area contributed by atoms with E-state index in [9.17, 15) is 4.79 Å². The predicted molar refractivity (Wildman–Crippen MR) is 107 cm³/mol. The first-order valence-corrected chi connectivity index (χ1v) is 10.3. The fraction of sp³-hybridized carbons (Fsp3) is 0.545. The standard InChI is InChI=1S/C22H29N3O3/c1-14-8-9-19-17(12-14)21-18(13-27-19)20(24-28-21)22(26)23-10-5-11-25-15(2)6-4-7-16(25)3/h8-9,12,15-16H,4-7,10-11,13H2,1-3H3,(H,23,26). The summed E-state index contributed by atoms with van der Waals surface area (Å²) in [5, 5.41) is 7.04. The monoisotopic (exact) mass is 383 g/mol. The van der Waals surface area contributed by atoms with E-state index < -0.39 is 0 Å². The third kappa shape index (κ3) is 3.65. The maximum Gasteiger partial charge on any atom is 0.273 e. The maximum absolute atomic E-state index is 12.6. The Hall–Kier alpha value is -2.34. The number of rotatable bonds is 5. The van der Waals surface area contributed by atoms with E-state index in [2.05, 4.69) is 29.2 Å². The van der Waals surface area contributed by atoms with Crippen LogP contribution in [0.3, 0.4) is 0 Å². The fourth-order valence-electron chi connectivity index (χ4n) is 4.39. The van der Waals surface area contributed by atoms with Gasteiger partial charge in [0.2, 0.25) is 0 Å². The Labute approximate surface area is 166 Å². The van der Waals surface area contributed by atoms with E-state index in [4.69, 9.17) is 9.26 Å². The Morgan fingerprint density at radius 2 is 2.07 bits per heavy atom. The lowest BCUT2D eigenvalue weighted by Gasteiger charge is -2.39. The number of aromatic nitrogens is 1. The van der Waals surface area contributed by atoms with Crippen LogP contribution < -0.4 is 10.1 Å². The molecule has 0 aliphatic carbocycles. The summed E-state index contributed by atoms with van der Waals surface area (Å²) >= 11 is 0. The number of amides is 1. The first-order chi connectivity index (χ1) is 13.5. The summed E-state index contributed by atoms with van der Waals surface area (Å²) in [5.41, 5.74) is 3.04. The van der Waals surface area contributed by atoms with Gasteiger partial charge in [-0.05, 0) is 52.2 Å². The first-order valence-electron chi connectivity index (χ1n) is 10.3. The van der Waals surface area contributed by atoms with Gasteiger partial charge in [0.15, 0.2) is 11.5 Å². The second-order valence-electron chi connectivity index (χ2n) is 8.10. The molecule has 0 radical (unpaired) electrons. The summed E-state index contributed by atoms with van der Waals surface area (Å²) in [7, 11) is 0. The quantitative estimate of drug-likeness (QED) is 0.793. The molecule has 2 aromatic rings. The molecule has 6 nitrogen and oxygen atoms in total. The van der Waals surface area contributed by atoms with E-state index in [0.717, 1.165) is 35.4 Å². The number of ether oxygens (including phenoxy) is 1. The second kappa shape index (κ2) is 7.95. The van der Waals surface area contributed by atoms with E-state index in [1.165, 1.54) is 19.3 Å². The van der Waals surface area contributed by atoms with Crippen LogP contribution in [0.1, 0.15) is 61.1 Å². The lowest BCUT2D eigenvalue weighted by atomic mass is 9.97. The average Bonchev–Trinajstić information content (AvgIpc) is 3.11. The zero-order valence-corrected chi connectivity index (χ0v) is 17.0. The van der Waals surface area contributed by atoms with Crippen molar-refractivity contribution in [1.82, 2.24) is 15.4 Å². The Bertz CT molecular complexity index is 851. The van der Waals surface area contributed by atoms with Crippen LogP contribution >= 0.6 is 0 Å². The molecule has 2 atom stereocenters. The minimum atomic E-state index is -0.190. The smallest absolute Gasteiger partial charge is 0.273 e. The van der Waals surface area contributed by atoms with Crippen molar-refractivity contribution in [2.75, 3.05) is 13.1 Å². The molecule has 2 aliphatic heterocycles. The van der Waals surface area contributed by atoms with Crippen LogP contribution in [0, 0.1) is 6.92 Å². The van der Waals surface area contributed by atoms with Gasteiger partial charge in [-0.1, -0.05) is 23.2 Å². The number of hydrogen-bond donors (Lipinski definition) is 1. The van der Waals surface area contributed by atoms with Gasteiger partial charge >= 0.3 is 0 Å². The van der Waals surface area contributed by atoms with Gasteiger partial charge in [0, 0.05) is 25.2 Å². The van der Waals surface area contributed by atoms with Crippen LogP contribution in [0.25, 0.3) is 11.3 Å². The van der Waals surface area contributed by atoms with Gasteiger partial charge < -0.3 is 14.6 Å². The Balaban J connectivity index is 1.36. The number of likely N-dealkylation sites (tertiary alicyclic amines) is 1. The minimum Gasteiger partial charge on any atom is -0.488 e. The van der Waals surface area contributed by atoms with Crippen molar-refractivity contribution in [2.24, 2.45) is 0 Å². The molecule has 1 fully saturated rings. The first kappa shape index (κ1) is 19.0. The van der Waals surface area contributed by atoms with Crippen molar-refractivity contribution < 1.29 is 14.1 Å². The highest BCUT2D eigenvalue weighted by Gasteiger charge is 2.29. The van der Waals surface area contributed by atoms with Crippen LogP contribution in [0.15, 0.2) is 22.7 Å². The molecule has 150 valence electrons. The number of carbonyl (C=O) groups excluding carboxylic acids is 1. The third-order valence-electron chi connectivity index (χ3n) is 6.01. The van der Waals surface area contributed by atoms with Gasteiger partial charge in [-0.25, -0.2) is 0 Å². The number of carbonyl (C=O) groups is 1. The predicted octanol–water partition coefficient (Wildman–Crippen LogP) is 3.93. The number of hydrogen-bond acceptors (Lipinski definition) is 5. The zero-order chi connectivity index (χ0) is 19.7. The van der Waals surface area contributed by atoms with Gasteiger partial charge in [0.1, 0.15) is 12.4 Å². The molecular weight excluding hydrogens is 354 g/mol. The van der Waals surface area contributed by atoms with Crippen molar-refractivity contribution in [3.8, 4) is 17.1 Å². The van der Waals surface area contributed by atoms with E-state index in [0.29, 0.717) is 36.7 Å². The van der Waals surface area contributed by atoms with Gasteiger partial charge in [0.05, 0.1) is 11.1 Å². The number of nitrogens with zero attached hydrogens (tertiary/aromatic N) is 2. The summed E-state index contributed by atoms with van der Waals surface area (Å²) in [6.45, 7) is 8.57. The molecule has 2 unspecified atom stereocenters. The van der Waals surface area contributed by atoms with E-state index >= 15 is 0 Å². The van der Waals surface area contributed by atoms with Crippen LogP contribution in [-0.2, 0) is 6.61 Å². The average molecular weight is 383 g/mol. The number of nitrogens with one attached hydrogen (secondary N) is 1. The lowest BCUT2D eigenvalue weighted by Crippen LogP contribution is -2.44. The molecule has 0 saturated carbocycles. The lowest BCUT2D eigenvalue weighted by molar-refractivity contribution is 0.0916. The molecule has 0 spiro atoms. The number of benzene rings is 1. The molecule has 2 aliphatic rings. The normalized spacial score (nSPS) is 21.5. The van der Waals surface area contributed by atoms with Crippen molar-refractivity contribution in [1.29, 1.82) is 0 Å². The highest BCUT2D eigenvalue weighted by Crippen LogP contribution is 2.39. The highest BCUT2D eigenvalue weighted by atomic mass is 16.5. The summed E-state index contributed by atoms with van der Waals surface area (Å²) in [5.74, 6) is 1.22. The maximum atomic E-state index is 12.6. The van der Waals surface area contributed by atoms with Gasteiger partial charge in [-0.2, -0.15) is 0 Å². The Kier molecular flexibility index (Phi) is 5.40. The van der Waals surface area contributed by atoms with Gasteiger partial charge in [-0.15, -0.1) is 0 Å². The molecule has 3 heterocycles. The van der Waals surface area contributed by atoms with E-state index in [1.54, 1.807) is 0 Å². The van der Waals surface area contributed by atoms with Crippen LogP contribution in [0.4, 0.5) is 0 Å². The number of aryl methyl sites for hydroxylation is 1. The van der Waals surface area contributed by atoms with Gasteiger partial charge in [0.25, 0.3) is 5.91 Å². The van der Waals surface area contributed by atoms with Crippen molar-refractivity contribution >= 4 is 5.91 Å². The molecule has 4 rings (SSSR count). The second-order valence-corrected chi connectivity index (χ2v) is 8.10.